The van der Waals surface area contributed by atoms with Crippen LogP contribution in [0.2, 0.25) is 0 Å². The van der Waals surface area contributed by atoms with Gasteiger partial charge in [-0.2, -0.15) is 5.10 Å². The van der Waals surface area contributed by atoms with Crippen LogP contribution in [-0.4, -0.2) is 14.9 Å². The third-order valence-corrected chi connectivity index (χ3v) is 3.43. The Morgan fingerprint density at radius 2 is 1.84 bits per heavy atom. The molecule has 19 heavy (non-hydrogen) atoms. The lowest BCUT2D eigenvalue weighted by atomic mass is 9.99. The summed E-state index contributed by atoms with van der Waals surface area (Å²) in [5, 5.41) is 14.8. The van der Waals surface area contributed by atoms with Gasteiger partial charge in [0, 0.05) is 11.6 Å². The number of hydrogen-bond acceptors (Lipinski definition) is 2. The van der Waals surface area contributed by atoms with Crippen LogP contribution in [0.15, 0.2) is 24.3 Å². The van der Waals surface area contributed by atoms with Crippen LogP contribution in [0.1, 0.15) is 50.9 Å². The second-order valence-electron chi connectivity index (χ2n) is 5.60. The standard InChI is InChI=1S/C16H22N2O/c1-10(2)13-7-6-8-14(9-13)15-16(19)12(5)18(17-15)11(3)4/h6-11,19H,1-5H3. The van der Waals surface area contributed by atoms with Gasteiger partial charge in [0.1, 0.15) is 5.69 Å². The topological polar surface area (TPSA) is 38.1 Å². The van der Waals surface area contributed by atoms with E-state index in [0.717, 1.165) is 11.3 Å². The van der Waals surface area contributed by atoms with E-state index < -0.39 is 0 Å². The molecule has 0 aliphatic heterocycles. The summed E-state index contributed by atoms with van der Waals surface area (Å²) in [6.45, 7) is 10.4. The quantitative estimate of drug-likeness (QED) is 0.892. The van der Waals surface area contributed by atoms with E-state index in [1.165, 1.54) is 5.56 Å². The van der Waals surface area contributed by atoms with E-state index in [-0.39, 0.29) is 11.8 Å². The van der Waals surface area contributed by atoms with Crippen molar-refractivity contribution in [2.24, 2.45) is 0 Å². The molecule has 1 aromatic heterocycles. The molecule has 2 aromatic rings. The zero-order valence-corrected chi connectivity index (χ0v) is 12.3. The van der Waals surface area contributed by atoms with Crippen LogP contribution < -0.4 is 0 Å². The molecule has 0 spiro atoms. The summed E-state index contributed by atoms with van der Waals surface area (Å²) in [7, 11) is 0. The molecular formula is C16H22N2O. The molecule has 0 unspecified atom stereocenters. The van der Waals surface area contributed by atoms with Crippen LogP contribution >= 0.6 is 0 Å². The zero-order chi connectivity index (χ0) is 14.2. The minimum absolute atomic E-state index is 0.243. The predicted molar refractivity (Wildman–Crippen MR) is 78.5 cm³/mol. The van der Waals surface area contributed by atoms with Crippen molar-refractivity contribution in [1.82, 2.24) is 9.78 Å². The summed E-state index contributed by atoms with van der Waals surface area (Å²) in [6.07, 6.45) is 0. The molecule has 0 radical (unpaired) electrons. The van der Waals surface area contributed by atoms with Gasteiger partial charge >= 0.3 is 0 Å². The van der Waals surface area contributed by atoms with Gasteiger partial charge in [0.25, 0.3) is 0 Å². The van der Waals surface area contributed by atoms with Crippen LogP contribution in [0.25, 0.3) is 11.3 Å². The molecule has 0 fully saturated rings. The molecule has 102 valence electrons. The van der Waals surface area contributed by atoms with Gasteiger partial charge in [0.05, 0.1) is 5.69 Å². The number of benzene rings is 1. The lowest BCUT2D eigenvalue weighted by molar-refractivity contribution is 0.461. The van der Waals surface area contributed by atoms with Crippen molar-refractivity contribution >= 4 is 0 Å². The lowest BCUT2D eigenvalue weighted by Crippen LogP contribution is -2.04. The first-order valence-electron chi connectivity index (χ1n) is 6.80. The second-order valence-corrected chi connectivity index (χ2v) is 5.60. The maximum absolute atomic E-state index is 10.3. The monoisotopic (exact) mass is 258 g/mol. The van der Waals surface area contributed by atoms with Gasteiger partial charge in [-0.05, 0) is 38.3 Å². The van der Waals surface area contributed by atoms with Crippen molar-refractivity contribution < 1.29 is 5.11 Å². The first-order valence-corrected chi connectivity index (χ1v) is 6.80. The average Bonchev–Trinajstić information content (AvgIpc) is 2.67. The first kappa shape index (κ1) is 13.7. The average molecular weight is 258 g/mol. The smallest absolute Gasteiger partial charge is 0.164 e. The van der Waals surface area contributed by atoms with Crippen molar-refractivity contribution in [2.45, 2.75) is 46.6 Å². The number of hydrogen-bond donors (Lipinski definition) is 1. The number of aromatic hydroxyl groups is 1. The highest BCUT2D eigenvalue weighted by Gasteiger charge is 2.17. The molecule has 0 saturated heterocycles. The Morgan fingerprint density at radius 3 is 2.37 bits per heavy atom. The molecule has 1 aromatic carbocycles. The van der Waals surface area contributed by atoms with E-state index in [1.807, 2.05) is 23.7 Å². The normalized spacial score (nSPS) is 11.5. The van der Waals surface area contributed by atoms with E-state index >= 15 is 0 Å². The summed E-state index contributed by atoms with van der Waals surface area (Å²) in [4.78, 5) is 0. The minimum atomic E-state index is 0.243. The third kappa shape index (κ3) is 2.50. The summed E-state index contributed by atoms with van der Waals surface area (Å²) in [5.74, 6) is 0.755. The molecule has 3 nitrogen and oxygen atoms in total. The summed E-state index contributed by atoms with van der Waals surface area (Å²) < 4.78 is 1.87. The summed E-state index contributed by atoms with van der Waals surface area (Å²) in [5.41, 5.74) is 3.73. The molecule has 1 N–H and O–H groups in total. The molecule has 0 atom stereocenters. The van der Waals surface area contributed by atoms with Gasteiger partial charge in [0.2, 0.25) is 0 Å². The van der Waals surface area contributed by atoms with Crippen LogP contribution in [0.5, 0.6) is 5.75 Å². The first-order chi connectivity index (χ1) is 8.91. The lowest BCUT2D eigenvalue weighted by Gasteiger charge is -2.07. The summed E-state index contributed by atoms with van der Waals surface area (Å²) >= 11 is 0. The predicted octanol–water partition coefficient (Wildman–Crippen LogP) is 4.27. The number of rotatable bonds is 3. The van der Waals surface area contributed by atoms with Gasteiger partial charge < -0.3 is 5.11 Å². The molecule has 0 saturated carbocycles. The highest BCUT2D eigenvalue weighted by Crippen LogP contribution is 2.33. The Bertz CT molecular complexity index is 582. The van der Waals surface area contributed by atoms with Crippen molar-refractivity contribution in [2.75, 3.05) is 0 Å². The minimum Gasteiger partial charge on any atom is -0.504 e. The fourth-order valence-electron chi connectivity index (χ4n) is 2.25. The molecule has 1 heterocycles. The van der Waals surface area contributed by atoms with Crippen molar-refractivity contribution in [3.05, 3.63) is 35.5 Å². The van der Waals surface area contributed by atoms with E-state index in [1.54, 1.807) is 0 Å². The Balaban J connectivity index is 2.53. The summed E-state index contributed by atoms with van der Waals surface area (Å²) in [6, 6.07) is 8.48. The maximum atomic E-state index is 10.3. The second kappa shape index (κ2) is 5.08. The van der Waals surface area contributed by atoms with E-state index in [4.69, 9.17) is 0 Å². The van der Waals surface area contributed by atoms with Gasteiger partial charge in [-0.3, -0.25) is 4.68 Å². The van der Waals surface area contributed by atoms with Crippen LogP contribution in [-0.2, 0) is 0 Å². The van der Waals surface area contributed by atoms with Crippen LogP contribution in [0.4, 0.5) is 0 Å². The van der Waals surface area contributed by atoms with E-state index in [0.29, 0.717) is 11.6 Å². The van der Waals surface area contributed by atoms with Crippen molar-refractivity contribution in [1.29, 1.82) is 0 Å². The fourth-order valence-corrected chi connectivity index (χ4v) is 2.25. The maximum Gasteiger partial charge on any atom is 0.164 e. The highest BCUT2D eigenvalue weighted by atomic mass is 16.3. The van der Waals surface area contributed by atoms with Crippen LogP contribution in [0.3, 0.4) is 0 Å². The molecule has 2 rings (SSSR count). The Labute approximate surface area is 114 Å². The van der Waals surface area contributed by atoms with Crippen molar-refractivity contribution in [3.63, 3.8) is 0 Å². The third-order valence-electron chi connectivity index (χ3n) is 3.43. The Morgan fingerprint density at radius 1 is 1.16 bits per heavy atom. The largest absolute Gasteiger partial charge is 0.504 e. The molecular weight excluding hydrogens is 236 g/mol. The molecule has 0 bridgehead atoms. The van der Waals surface area contributed by atoms with E-state index in [2.05, 4.69) is 44.9 Å². The number of aromatic nitrogens is 2. The fraction of sp³-hybridized carbons (Fsp3) is 0.438. The van der Waals surface area contributed by atoms with Gasteiger partial charge in [-0.25, -0.2) is 0 Å². The Hall–Kier alpha value is -1.77. The Kier molecular flexibility index (Phi) is 3.65. The van der Waals surface area contributed by atoms with Gasteiger partial charge in [-0.15, -0.1) is 0 Å². The van der Waals surface area contributed by atoms with Gasteiger partial charge in [0.15, 0.2) is 5.75 Å². The van der Waals surface area contributed by atoms with E-state index in [9.17, 15) is 5.11 Å². The highest BCUT2D eigenvalue weighted by molar-refractivity contribution is 5.67. The molecule has 0 aliphatic rings. The van der Waals surface area contributed by atoms with Crippen LogP contribution in [0, 0.1) is 6.92 Å². The molecule has 0 amide bonds. The SMILES string of the molecule is Cc1c(O)c(-c2cccc(C(C)C)c2)nn1C(C)C. The molecule has 0 aliphatic carbocycles. The van der Waals surface area contributed by atoms with Gasteiger partial charge in [-0.1, -0.05) is 32.0 Å². The zero-order valence-electron chi connectivity index (χ0n) is 12.3. The number of nitrogens with zero attached hydrogens (tertiary/aromatic N) is 2. The molecule has 3 heteroatoms. The van der Waals surface area contributed by atoms with Crippen molar-refractivity contribution in [3.8, 4) is 17.0 Å².